The van der Waals surface area contributed by atoms with Crippen LogP contribution in [0.25, 0.3) is 11.0 Å². The molecule has 0 saturated heterocycles. The predicted octanol–water partition coefficient (Wildman–Crippen LogP) is 3.54. The van der Waals surface area contributed by atoms with Gasteiger partial charge in [-0.25, -0.2) is 18.0 Å². The van der Waals surface area contributed by atoms with E-state index in [4.69, 9.17) is 13.9 Å². The highest BCUT2D eigenvalue weighted by atomic mass is 79.9. The SMILES string of the molecule is CCOC(=O)c1oc2ccc(Br)cc2c1COC(=O)[C@@H](C)N=C1NS(=O)(=O)c2ccccc21. The van der Waals surface area contributed by atoms with Gasteiger partial charge >= 0.3 is 11.9 Å². The first-order chi connectivity index (χ1) is 15.7. The van der Waals surface area contributed by atoms with Crippen molar-refractivity contribution in [1.29, 1.82) is 0 Å². The van der Waals surface area contributed by atoms with Crippen molar-refractivity contribution in [3.05, 3.63) is 63.8 Å². The van der Waals surface area contributed by atoms with E-state index in [1.54, 1.807) is 43.3 Å². The van der Waals surface area contributed by atoms with E-state index in [1.807, 2.05) is 0 Å². The Morgan fingerprint density at radius 2 is 1.94 bits per heavy atom. The fourth-order valence-corrected chi connectivity index (χ4v) is 4.97. The van der Waals surface area contributed by atoms with Crippen molar-refractivity contribution in [2.75, 3.05) is 6.61 Å². The van der Waals surface area contributed by atoms with Crippen LogP contribution < -0.4 is 4.72 Å². The van der Waals surface area contributed by atoms with Gasteiger partial charge in [0.1, 0.15) is 24.1 Å². The Balaban J connectivity index is 1.57. The van der Waals surface area contributed by atoms with Gasteiger partial charge in [-0.15, -0.1) is 0 Å². The molecule has 1 N–H and O–H groups in total. The molecule has 4 rings (SSSR count). The van der Waals surface area contributed by atoms with E-state index in [0.29, 0.717) is 22.1 Å². The third-order valence-electron chi connectivity index (χ3n) is 4.90. The number of ether oxygens (including phenoxy) is 2. The number of halogens is 1. The number of nitrogens with one attached hydrogen (secondary N) is 1. The number of rotatable bonds is 6. The van der Waals surface area contributed by atoms with Crippen LogP contribution >= 0.6 is 15.9 Å². The number of hydrogen-bond acceptors (Lipinski definition) is 8. The summed E-state index contributed by atoms with van der Waals surface area (Å²) < 4.78 is 43.7. The van der Waals surface area contributed by atoms with E-state index in [0.717, 1.165) is 4.47 Å². The number of aliphatic imine (C=N–C) groups is 1. The molecule has 1 atom stereocenters. The number of fused-ring (bicyclic) bond motifs is 2. The molecule has 1 aliphatic heterocycles. The third-order valence-corrected chi connectivity index (χ3v) is 6.79. The predicted molar refractivity (Wildman–Crippen MR) is 122 cm³/mol. The Morgan fingerprint density at radius 1 is 1.18 bits per heavy atom. The van der Waals surface area contributed by atoms with Gasteiger partial charge in [0.05, 0.1) is 17.1 Å². The number of benzene rings is 2. The van der Waals surface area contributed by atoms with Crippen molar-refractivity contribution in [1.82, 2.24) is 4.72 Å². The summed E-state index contributed by atoms with van der Waals surface area (Å²) in [4.78, 5) is 29.3. The number of nitrogens with zero attached hydrogens (tertiary/aromatic N) is 1. The molecule has 2 aromatic carbocycles. The van der Waals surface area contributed by atoms with E-state index in [9.17, 15) is 18.0 Å². The second-order valence-electron chi connectivity index (χ2n) is 7.13. The van der Waals surface area contributed by atoms with Crippen LogP contribution in [-0.2, 0) is 30.9 Å². The number of amidine groups is 1. The Morgan fingerprint density at radius 3 is 2.70 bits per heavy atom. The summed E-state index contributed by atoms with van der Waals surface area (Å²) in [5.74, 6) is -1.35. The highest BCUT2D eigenvalue weighted by molar-refractivity contribution is 9.10. The second-order valence-corrected chi connectivity index (χ2v) is 9.70. The molecule has 0 spiro atoms. The Kier molecular flexibility index (Phi) is 6.26. The normalized spacial score (nSPS) is 16.3. The minimum Gasteiger partial charge on any atom is -0.460 e. The van der Waals surface area contributed by atoms with Crippen LogP contribution in [-0.4, -0.2) is 38.8 Å². The van der Waals surface area contributed by atoms with Crippen molar-refractivity contribution in [3.8, 4) is 0 Å². The standard InChI is InChI=1S/C22H19BrN2O7S/c1-3-30-22(27)19-16(15-10-13(23)8-9-17(15)32-19)11-31-21(26)12(2)24-20-14-6-4-5-7-18(14)33(28,29)25-20/h4-10,12H,3,11H2,1-2H3,(H,24,25)/t12-/m1/s1. The largest absolute Gasteiger partial charge is 0.460 e. The second kappa shape index (κ2) is 8.99. The molecule has 0 amide bonds. The number of carbonyl (C=O) groups excluding carboxylic acids is 2. The smallest absolute Gasteiger partial charge is 0.374 e. The maximum absolute atomic E-state index is 12.6. The molecule has 3 aromatic rings. The first kappa shape index (κ1) is 23.0. The van der Waals surface area contributed by atoms with Gasteiger partial charge in [-0.3, -0.25) is 9.71 Å². The summed E-state index contributed by atoms with van der Waals surface area (Å²) in [5.41, 5.74) is 1.19. The number of sulfonamides is 1. The number of hydrogen-bond donors (Lipinski definition) is 1. The van der Waals surface area contributed by atoms with Crippen LogP contribution in [0.2, 0.25) is 0 Å². The molecular weight excluding hydrogens is 516 g/mol. The summed E-state index contributed by atoms with van der Waals surface area (Å²) in [6.45, 7) is 3.06. The maximum Gasteiger partial charge on any atom is 0.374 e. The number of carbonyl (C=O) groups is 2. The lowest BCUT2D eigenvalue weighted by Crippen LogP contribution is -2.26. The average Bonchev–Trinajstić information content (AvgIpc) is 3.26. The Hall–Kier alpha value is -3.18. The summed E-state index contributed by atoms with van der Waals surface area (Å²) in [6.07, 6.45) is 0. The lowest BCUT2D eigenvalue weighted by molar-refractivity contribution is -0.146. The van der Waals surface area contributed by atoms with Crippen molar-refractivity contribution < 1.29 is 31.9 Å². The highest BCUT2D eigenvalue weighted by Gasteiger charge is 2.31. The summed E-state index contributed by atoms with van der Waals surface area (Å²) in [6, 6.07) is 10.5. The zero-order valence-corrected chi connectivity index (χ0v) is 20.0. The van der Waals surface area contributed by atoms with Crippen LogP contribution in [0, 0.1) is 0 Å². The van der Waals surface area contributed by atoms with Crippen LogP contribution in [0.5, 0.6) is 0 Å². The van der Waals surface area contributed by atoms with Crippen molar-refractivity contribution in [2.24, 2.45) is 4.99 Å². The molecule has 33 heavy (non-hydrogen) atoms. The molecule has 0 bridgehead atoms. The quantitative estimate of drug-likeness (QED) is 0.479. The molecule has 11 heteroatoms. The van der Waals surface area contributed by atoms with Crippen LogP contribution in [0.4, 0.5) is 0 Å². The maximum atomic E-state index is 12.6. The Labute approximate surface area is 198 Å². The van der Waals surface area contributed by atoms with E-state index in [2.05, 4.69) is 25.6 Å². The molecule has 0 radical (unpaired) electrons. The van der Waals surface area contributed by atoms with Gasteiger partial charge in [-0.1, -0.05) is 28.1 Å². The van der Waals surface area contributed by atoms with Crippen molar-refractivity contribution >= 4 is 54.7 Å². The number of esters is 2. The van der Waals surface area contributed by atoms with Crippen molar-refractivity contribution in [2.45, 2.75) is 31.4 Å². The fraction of sp³-hybridized carbons (Fsp3) is 0.227. The summed E-state index contributed by atoms with van der Waals surface area (Å²) in [7, 11) is -3.72. The van der Waals surface area contributed by atoms with E-state index >= 15 is 0 Å². The lowest BCUT2D eigenvalue weighted by Gasteiger charge is -2.09. The van der Waals surface area contributed by atoms with Gasteiger partial charge in [0.25, 0.3) is 10.0 Å². The molecule has 0 saturated carbocycles. The molecule has 0 aliphatic carbocycles. The molecule has 0 fully saturated rings. The summed E-state index contributed by atoms with van der Waals surface area (Å²) >= 11 is 3.38. The van der Waals surface area contributed by atoms with Gasteiger partial charge in [0.15, 0.2) is 0 Å². The monoisotopic (exact) mass is 534 g/mol. The molecule has 172 valence electrons. The zero-order chi connectivity index (χ0) is 23.8. The van der Waals surface area contributed by atoms with E-state index in [-0.39, 0.29) is 29.7 Å². The molecule has 9 nitrogen and oxygen atoms in total. The average molecular weight is 535 g/mol. The molecule has 0 unspecified atom stereocenters. The Bertz CT molecular complexity index is 1390. The molecular formula is C22H19BrN2O7S. The highest BCUT2D eigenvalue weighted by Crippen LogP contribution is 2.30. The molecule has 1 aromatic heterocycles. The van der Waals surface area contributed by atoms with Gasteiger partial charge in [0.2, 0.25) is 5.76 Å². The lowest BCUT2D eigenvalue weighted by atomic mass is 10.1. The number of furan rings is 1. The van der Waals surface area contributed by atoms with Crippen LogP contribution in [0.1, 0.15) is 35.5 Å². The van der Waals surface area contributed by atoms with Gasteiger partial charge < -0.3 is 13.9 Å². The minimum absolute atomic E-state index is 0.0470. The van der Waals surface area contributed by atoms with E-state index < -0.39 is 28.0 Å². The minimum atomic E-state index is -3.72. The van der Waals surface area contributed by atoms with Gasteiger partial charge in [0, 0.05) is 15.4 Å². The first-order valence-electron chi connectivity index (χ1n) is 9.96. The van der Waals surface area contributed by atoms with Crippen LogP contribution in [0.15, 0.2) is 61.2 Å². The third kappa shape index (κ3) is 4.51. The van der Waals surface area contributed by atoms with E-state index in [1.165, 1.54) is 13.0 Å². The molecule has 2 heterocycles. The van der Waals surface area contributed by atoms with Gasteiger partial charge in [-0.2, -0.15) is 0 Å². The fourth-order valence-electron chi connectivity index (χ4n) is 3.37. The topological polar surface area (TPSA) is 124 Å². The summed E-state index contributed by atoms with van der Waals surface area (Å²) in [5, 5.41) is 0.594. The van der Waals surface area contributed by atoms with Gasteiger partial charge in [-0.05, 0) is 44.2 Å². The van der Waals surface area contributed by atoms with Crippen LogP contribution in [0.3, 0.4) is 0 Å². The molecule has 1 aliphatic rings. The van der Waals surface area contributed by atoms with Crippen molar-refractivity contribution in [3.63, 3.8) is 0 Å². The zero-order valence-electron chi connectivity index (χ0n) is 17.6. The first-order valence-corrected chi connectivity index (χ1v) is 12.2.